The summed E-state index contributed by atoms with van der Waals surface area (Å²) >= 11 is 0. The Kier molecular flexibility index (Phi) is 6.18. The molecule has 8 heteroatoms. The molecule has 0 bridgehead atoms. The number of rotatable bonds is 7. The Bertz CT molecular complexity index is 696. The molecule has 1 aliphatic rings. The average molecular weight is 363 g/mol. The smallest absolute Gasteiger partial charge is 0.341 e. The van der Waals surface area contributed by atoms with Gasteiger partial charge in [0.1, 0.15) is 0 Å². The fourth-order valence-corrected chi connectivity index (χ4v) is 2.75. The van der Waals surface area contributed by atoms with Gasteiger partial charge in [-0.1, -0.05) is 6.92 Å². The van der Waals surface area contributed by atoms with Gasteiger partial charge in [-0.3, -0.25) is 14.9 Å². The van der Waals surface area contributed by atoms with Crippen LogP contribution in [-0.2, 0) is 9.53 Å². The molecule has 1 fully saturated rings. The van der Waals surface area contributed by atoms with Gasteiger partial charge in [0.05, 0.1) is 16.2 Å². The largest absolute Gasteiger partial charge is 0.452 e. The Morgan fingerprint density at radius 2 is 1.96 bits per heavy atom. The first kappa shape index (κ1) is 19.7. The molecule has 0 unspecified atom stereocenters. The third-order valence-corrected chi connectivity index (χ3v) is 4.55. The molecule has 0 atom stereocenters. The van der Waals surface area contributed by atoms with E-state index < -0.39 is 28.9 Å². The van der Waals surface area contributed by atoms with Crippen molar-refractivity contribution in [1.29, 1.82) is 0 Å². The summed E-state index contributed by atoms with van der Waals surface area (Å²) in [6.45, 7) is 6.83. The molecule has 0 aliphatic carbocycles. The quantitative estimate of drug-likeness (QED) is 0.454. The van der Waals surface area contributed by atoms with Crippen molar-refractivity contribution in [1.82, 2.24) is 5.32 Å². The molecule has 1 heterocycles. The van der Waals surface area contributed by atoms with E-state index in [-0.39, 0.29) is 11.3 Å². The maximum Gasteiger partial charge on any atom is 0.341 e. The van der Waals surface area contributed by atoms with Crippen molar-refractivity contribution in [2.45, 2.75) is 45.6 Å². The Morgan fingerprint density at radius 1 is 1.31 bits per heavy atom. The van der Waals surface area contributed by atoms with Gasteiger partial charge in [0, 0.05) is 30.8 Å². The van der Waals surface area contributed by atoms with Crippen LogP contribution >= 0.6 is 0 Å². The van der Waals surface area contributed by atoms with E-state index in [1.807, 2.05) is 25.7 Å². The summed E-state index contributed by atoms with van der Waals surface area (Å²) in [4.78, 5) is 36.9. The number of carbonyl (C=O) groups is 2. The number of nitro groups is 1. The fraction of sp³-hybridized carbons (Fsp3) is 0.556. The van der Waals surface area contributed by atoms with Gasteiger partial charge in [-0.2, -0.15) is 0 Å². The topological polar surface area (TPSA) is 102 Å². The van der Waals surface area contributed by atoms with Crippen molar-refractivity contribution in [2.24, 2.45) is 0 Å². The van der Waals surface area contributed by atoms with Crippen molar-refractivity contribution in [2.75, 3.05) is 24.6 Å². The molecule has 1 aromatic rings. The minimum Gasteiger partial charge on any atom is -0.452 e. The molecule has 1 aliphatic heterocycles. The number of anilines is 1. The summed E-state index contributed by atoms with van der Waals surface area (Å²) in [5.74, 6) is -1.14. The van der Waals surface area contributed by atoms with Crippen LogP contribution in [0.3, 0.4) is 0 Å². The molecular formula is C18H25N3O5. The van der Waals surface area contributed by atoms with Gasteiger partial charge in [0.25, 0.3) is 11.6 Å². The summed E-state index contributed by atoms with van der Waals surface area (Å²) in [5.41, 5.74) is 0.142. The van der Waals surface area contributed by atoms with E-state index in [1.54, 1.807) is 6.07 Å². The number of nitro benzene ring substituents is 1. The maximum atomic E-state index is 12.5. The van der Waals surface area contributed by atoms with E-state index >= 15 is 0 Å². The lowest BCUT2D eigenvalue weighted by molar-refractivity contribution is -0.384. The molecule has 2 rings (SSSR count). The number of hydrogen-bond donors (Lipinski definition) is 1. The number of nitrogens with zero attached hydrogens (tertiary/aromatic N) is 2. The lowest BCUT2D eigenvalue weighted by atomic mass is 10.0. The van der Waals surface area contributed by atoms with E-state index in [9.17, 15) is 19.7 Å². The Morgan fingerprint density at radius 3 is 2.54 bits per heavy atom. The lowest BCUT2D eigenvalue weighted by Gasteiger charge is -2.24. The molecule has 1 N–H and O–H groups in total. The summed E-state index contributed by atoms with van der Waals surface area (Å²) in [5, 5.41) is 13.8. The standard InChI is InChI=1S/C18H25N3O5/c1-4-18(2,3)19-16(22)12-26-17(23)14-11-13(21(24)25)7-8-15(14)20-9-5-6-10-20/h7-8,11H,4-6,9-10,12H2,1-3H3,(H,19,22). The number of benzene rings is 1. The number of esters is 1. The zero-order valence-electron chi connectivity index (χ0n) is 15.4. The van der Waals surface area contributed by atoms with E-state index in [2.05, 4.69) is 5.32 Å². The predicted octanol–water partition coefficient (Wildman–Crippen LogP) is 2.66. The summed E-state index contributed by atoms with van der Waals surface area (Å²) < 4.78 is 5.11. The van der Waals surface area contributed by atoms with E-state index in [4.69, 9.17) is 4.74 Å². The van der Waals surface area contributed by atoms with E-state index in [1.165, 1.54) is 12.1 Å². The van der Waals surface area contributed by atoms with Crippen molar-refractivity contribution in [3.8, 4) is 0 Å². The number of non-ortho nitro benzene ring substituents is 1. The summed E-state index contributed by atoms with van der Waals surface area (Å²) in [7, 11) is 0. The van der Waals surface area contributed by atoms with Crippen molar-refractivity contribution in [3.63, 3.8) is 0 Å². The molecule has 26 heavy (non-hydrogen) atoms. The third-order valence-electron chi connectivity index (χ3n) is 4.55. The molecule has 1 aromatic carbocycles. The van der Waals surface area contributed by atoms with Crippen LogP contribution < -0.4 is 10.2 Å². The number of amides is 1. The average Bonchev–Trinajstić information content (AvgIpc) is 3.13. The van der Waals surface area contributed by atoms with Gasteiger partial charge in [0.2, 0.25) is 0 Å². The van der Waals surface area contributed by atoms with Crippen LogP contribution in [0.2, 0.25) is 0 Å². The van der Waals surface area contributed by atoms with E-state index in [0.29, 0.717) is 5.69 Å². The van der Waals surface area contributed by atoms with Crippen LogP contribution in [-0.4, -0.2) is 42.0 Å². The van der Waals surface area contributed by atoms with Crippen LogP contribution in [0.25, 0.3) is 0 Å². The second kappa shape index (κ2) is 8.16. The highest BCUT2D eigenvalue weighted by atomic mass is 16.6. The second-order valence-electron chi connectivity index (χ2n) is 7.01. The molecule has 0 radical (unpaired) electrons. The molecule has 1 amide bonds. The highest BCUT2D eigenvalue weighted by Gasteiger charge is 2.25. The van der Waals surface area contributed by atoms with Gasteiger partial charge in [0.15, 0.2) is 6.61 Å². The maximum absolute atomic E-state index is 12.5. The fourth-order valence-electron chi connectivity index (χ4n) is 2.75. The van der Waals surface area contributed by atoms with Crippen LogP contribution in [0.1, 0.15) is 50.4 Å². The summed E-state index contributed by atoms with van der Waals surface area (Å²) in [6.07, 6.45) is 2.73. The van der Waals surface area contributed by atoms with Gasteiger partial charge in [-0.25, -0.2) is 4.79 Å². The monoisotopic (exact) mass is 363 g/mol. The Balaban J connectivity index is 2.14. The highest BCUT2D eigenvalue weighted by molar-refractivity contribution is 5.97. The number of nitrogens with one attached hydrogen (secondary N) is 1. The van der Waals surface area contributed by atoms with Gasteiger partial charge >= 0.3 is 5.97 Å². The van der Waals surface area contributed by atoms with E-state index in [0.717, 1.165) is 32.4 Å². The Labute approximate surface area is 152 Å². The number of carbonyl (C=O) groups excluding carboxylic acids is 2. The normalized spacial score (nSPS) is 14.2. The zero-order valence-corrected chi connectivity index (χ0v) is 15.4. The van der Waals surface area contributed by atoms with Crippen molar-refractivity contribution < 1.29 is 19.2 Å². The minimum atomic E-state index is -0.736. The number of ether oxygens (including phenoxy) is 1. The van der Waals surface area contributed by atoms with Crippen molar-refractivity contribution in [3.05, 3.63) is 33.9 Å². The second-order valence-corrected chi connectivity index (χ2v) is 7.01. The molecule has 0 spiro atoms. The van der Waals surface area contributed by atoms with Gasteiger partial charge in [-0.05, 0) is 39.2 Å². The van der Waals surface area contributed by atoms with Crippen LogP contribution in [0.5, 0.6) is 0 Å². The predicted molar refractivity (Wildman–Crippen MR) is 97.3 cm³/mol. The zero-order chi connectivity index (χ0) is 19.3. The first-order valence-corrected chi connectivity index (χ1v) is 8.75. The molecule has 1 saturated heterocycles. The van der Waals surface area contributed by atoms with Crippen LogP contribution in [0, 0.1) is 10.1 Å². The lowest BCUT2D eigenvalue weighted by Crippen LogP contribution is -2.44. The molecule has 0 aromatic heterocycles. The third kappa shape index (κ3) is 4.93. The first-order chi connectivity index (χ1) is 12.2. The number of hydrogen-bond acceptors (Lipinski definition) is 6. The minimum absolute atomic E-state index is 0.114. The van der Waals surface area contributed by atoms with Gasteiger partial charge < -0.3 is 15.0 Å². The molecular weight excluding hydrogens is 338 g/mol. The molecule has 0 saturated carbocycles. The first-order valence-electron chi connectivity index (χ1n) is 8.75. The highest BCUT2D eigenvalue weighted by Crippen LogP contribution is 2.29. The van der Waals surface area contributed by atoms with Gasteiger partial charge in [-0.15, -0.1) is 0 Å². The Hall–Kier alpha value is -2.64. The van der Waals surface area contributed by atoms with Crippen LogP contribution in [0.4, 0.5) is 11.4 Å². The van der Waals surface area contributed by atoms with Crippen molar-refractivity contribution >= 4 is 23.3 Å². The SMILES string of the molecule is CCC(C)(C)NC(=O)COC(=O)c1cc([N+](=O)[O-])ccc1N1CCCC1. The van der Waals surface area contributed by atoms with Crippen LogP contribution in [0.15, 0.2) is 18.2 Å². The molecule has 142 valence electrons. The molecule has 8 nitrogen and oxygen atoms in total. The summed E-state index contributed by atoms with van der Waals surface area (Å²) in [6, 6.07) is 4.16.